The lowest BCUT2D eigenvalue weighted by atomic mass is 10.1. The zero-order chi connectivity index (χ0) is 12.3. The highest BCUT2D eigenvalue weighted by atomic mass is 16.2. The number of para-hydroxylation sites is 1. The van der Waals surface area contributed by atoms with Crippen LogP contribution in [0.15, 0.2) is 30.5 Å². The molecule has 2 N–H and O–H groups in total. The van der Waals surface area contributed by atoms with Gasteiger partial charge in [-0.2, -0.15) is 15.4 Å². The number of nitrogens with zero attached hydrogens (tertiary/aromatic N) is 2. The largest absolute Gasteiger partial charge is 0.320 e. The molecule has 0 bridgehead atoms. The Balaban J connectivity index is 2.25. The monoisotopic (exact) mass is 230 g/mol. The third kappa shape index (κ3) is 2.36. The molecule has 0 unspecified atom stereocenters. The number of hydrogen-bond acceptors (Lipinski definition) is 4. The molecule has 0 atom stereocenters. The molecule has 1 aromatic carbocycles. The second-order valence-corrected chi connectivity index (χ2v) is 3.41. The Kier molecular flexibility index (Phi) is 2.95. The molecule has 6 heteroatoms. The van der Waals surface area contributed by atoms with Crippen LogP contribution in [-0.2, 0) is 0 Å². The summed E-state index contributed by atoms with van der Waals surface area (Å²) < 4.78 is 0. The fraction of sp³-hybridized carbons (Fsp3) is 0.0909. The van der Waals surface area contributed by atoms with E-state index in [2.05, 4.69) is 20.7 Å². The van der Waals surface area contributed by atoms with Crippen LogP contribution < -0.4 is 5.32 Å². The van der Waals surface area contributed by atoms with Gasteiger partial charge in [-0.15, -0.1) is 0 Å². The Hall–Kier alpha value is -2.50. The van der Waals surface area contributed by atoms with Gasteiger partial charge in [0.15, 0.2) is 11.5 Å². The van der Waals surface area contributed by atoms with Crippen molar-refractivity contribution in [2.75, 3.05) is 5.32 Å². The van der Waals surface area contributed by atoms with Gasteiger partial charge in [-0.05, 0) is 19.1 Å². The first-order valence-corrected chi connectivity index (χ1v) is 4.95. The van der Waals surface area contributed by atoms with E-state index in [1.807, 2.05) is 0 Å². The maximum absolute atomic E-state index is 11.7. The second kappa shape index (κ2) is 4.56. The van der Waals surface area contributed by atoms with Gasteiger partial charge in [0.25, 0.3) is 5.91 Å². The van der Waals surface area contributed by atoms with Crippen LogP contribution in [-0.4, -0.2) is 27.1 Å². The molecule has 1 aromatic heterocycles. The molecule has 1 amide bonds. The lowest BCUT2D eigenvalue weighted by Gasteiger charge is -2.06. The quantitative estimate of drug-likeness (QED) is 0.777. The second-order valence-electron chi connectivity index (χ2n) is 3.41. The molecule has 86 valence electrons. The summed E-state index contributed by atoms with van der Waals surface area (Å²) in [6.07, 6.45) is 1.31. The number of benzene rings is 1. The number of nitrogens with one attached hydrogen (secondary N) is 2. The lowest BCUT2D eigenvalue weighted by molar-refractivity contribution is 0.101. The van der Waals surface area contributed by atoms with Crippen LogP contribution in [0.4, 0.5) is 5.69 Å². The van der Waals surface area contributed by atoms with Crippen LogP contribution in [0, 0.1) is 0 Å². The lowest BCUT2D eigenvalue weighted by Crippen LogP contribution is -2.14. The van der Waals surface area contributed by atoms with Crippen LogP contribution in [0.3, 0.4) is 0 Å². The van der Waals surface area contributed by atoms with E-state index in [4.69, 9.17) is 0 Å². The van der Waals surface area contributed by atoms with Gasteiger partial charge in [-0.1, -0.05) is 12.1 Å². The number of carbonyl (C=O) groups excluding carboxylic acids is 2. The van der Waals surface area contributed by atoms with E-state index in [-0.39, 0.29) is 11.5 Å². The van der Waals surface area contributed by atoms with E-state index in [9.17, 15) is 9.59 Å². The first-order valence-electron chi connectivity index (χ1n) is 4.95. The van der Waals surface area contributed by atoms with Gasteiger partial charge in [-0.3, -0.25) is 9.59 Å². The number of aromatic amines is 1. The number of amides is 1. The number of aromatic nitrogens is 3. The average Bonchev–Trinajstić information content (AvgIpc) is 2.83. The Bertz CT molecular complexity index is 548. The predicted octanol–water partition coefficient (Wildman–Crippen LogP) is 1.26. The Morgan fingerprint density at radius 3 is 2.71 bits per heavy atom. The number of rotatable bonds is 3. The number of carbonyl (C=O) groups is 2. The van der Waals surface area contributed by atoms with Crippen molar-refractivity contribution < 1.29 is 9.59 Å². The smallest absolute Gasteiger partial charge is 0.277 e. The topological polar surface area (TPSA) is 87.7 Å². The van der Waals surface area contributed by atoms with Gasteiger partial charge >= 0.3 is 0 Å². The number of Topliss-reactive ketones (excluding diaryl/α,β-unsaturated/α-hetero) is 1. The van der Waals surface area contributed by atoms with E-state index < -0.39 is 5.91 Å². The minimum Gasteiger partial charge on any atom is -0.320 e. The fourth-order valence-electron chi connectivity index (χ4n) is 1.40. The minimum atomic E-state index is -0.410. The van der Waals surface area contributed by atoms with Gasteiger partial charge in [0.05, 0.1) is 11.9 Å². The zero-order valence-electron chi connectivity index (χ0n) is 9.10. The molecule has 0 aliphatic rings. The normalized spacial score (nSPS) is 9.94. The Morgan fingerprint density at radius 1 is 1.29 bits per heavy atom. The van der Waals surface area contributed by atoms with Crippen molar-refractivity contribution in [1.82, 2.24) is 15.4 Å². The Labute approximate surface area is 97.0 Å². The van der Waals surface area contributed by atoms with Crippen LogP contribution in [0.25, 0.3) is 0 Å². The van der Waals surface area contributed by atoms with Crippen molar-refractivity contribution in [3.8, 4) is 0 Å². The van der Waals surface area contributed by atoms with Crippen molar-refractivity contribution in [3.05, 3.63) is 41.7 Å². The van der Waals surface area contributed by atoms with E-state index in [0.717, 1.165) is 0 Å². The SMILES string of the molecule is CC(=O)c1ccccc1NC(=O)c1cn[nH]n1. The molecular formula is C11H10N4O2. The van der Waals surface area contributed by atoms with Gasteiger partial charge in [0.2, 0.25) is 0 Å². The van der Waals surface area contributed by atoms with E-state index >= 15 is 0 Å². The summed E-state index contributed by atoms with van der Waals surface area (Å²) in [5.74, 6) is -0.520. The number of ketones is 1. The summed E-state index contributed by atoms with van der Waals surface area (Å²) >= 11 is 0. The standard InChI is InChI=1S/C11H10N4O2/c1-7(16)8-4-2-3-5-9(8)13-11(17)10-6-12-15-14-10/h2-6H,1H3,(H,13,17)(H,12,14,15). The molecule has 0 fully saturated rings. The highest BCUT2D eigenvalue weighted by Gasteiger charge is 2.12. The van der Waals surface area contributed by atoms with Crippen LogP contribution >= 0.6 is 0 Å². The maximum atomic E-state index is 11.7. The summed E-state index contributed by atoms with van der Waals surface area (Å²) in [5, 5.41) is 12.2. The molecule has 0 aliphatic carbocycles. The van der Waals surface area contributed by atoms with Gasteiger partial charge in [0, 0.05) is 5.56 Å². The number of anilines is 1. The molecule has 2 rings (SSSR count). The number of H-pyrrole nitrogens is 1. The van der Waals surface area contributed by atoms with E-state index in [0.29, 0.717) is 11.3 Å². The van der Waals surface area contributed by atoms with Gasteiger partial charge < -0.3 is 5.32 Å². The summed E-state index contributed by atoms with van der Waals surface area (Å²) in [6, 6.07) is 6.79. The molecule has 6 nitrogen and oxygen atoms in total. The van der Waals surface area contributed by atoms with Crippen molar-refractivity contribution in [3.63, 3.8) is 0 Å². The average molecular weight is 230 g/mol. The Morgan fingerprint density at radius 2 is 2.06 bits per heavy atom. The zero-order valence-corrected chi connectivity index (χ0v) is 9.10. The molecule has 17 heavy (non-hydrogen) atoms. The summed E-state index contributed by atoms with van der Waals surface area (Å²) in [6.45, 7) is 1.45. The molecule has 2 aromatic rings. The summed E-state index contributed by atoms with van der Waals surface area (Å²) in [5.41, 5.74) is 1.10. The fourth-order valence-corrected chi connectivity index (χ4v) is 1.40. The van der Waals surface area contributed by atoms with E-state index in [1.54, 1.807) is 24.3 Å². The molecule has 0 radical (unpaired) electrons. The molecular weight excluding hydrogens is 220 g/mol. The third-order valence-electron chi connectivity index (χ3n) is 2.20. The summed E-state index contributed by atoms with van der Waals surface area (Å²) in [7, 11) is 0. The highest BCUT2D eigenvalue weighted by Crippen LogP contribution is 2.16. The number of hydrogen-bond donors (Lipinski definition) is 2. The van der Waals surface area contributed by atoms with Crippen LogP contribution in [0.5, 0.6) is 0 Å². The molecule has 1 heterocycles. The molecule has 0 aliphatic heterocycles. The van der Waals surface area contributed by atoms with E-state index in [1.165, 1.54) is 13.1 Å². The summed E-state index contributed by atoms with van der Waals surface area (Å²) in [4.78, 5) is 23.1. The van der Waals surface area contributed by atoms with Crippen LogP contribution in [0.1, 0.15) is 27.8 Å². The third-order valence-corrected chi connectivity index (χ3v) is 2.20. The van der Waals surface area contributed by atoms with Crippen molar-refractivity contribution in [2.45, 2.75) is 6.92 Å². The first kappa shape index (κ1) is 11.0. The van der Waals surface area contributed by atoms with Crippen molar-refractivity contribution in [1.29, 1.82) is 0 Å². The first-order chi connectivity index (χ1) is 8.18. The molecule has 0 saturated carbocycles. The highest BCUT2D eigenvalue weighted by molar-refractivity contribution is 6.08. The van der Waals surface area contributed by atoms with Crippen molar-refractivity contribution in [2.24, 2.45) is 0 Å². The predicted molar refractivity (Wildman–Crippen MR) is 60.8 cm³/mol. The maximum Gasteiger partial charge on any atom is 0.277 e. The van der Waals surface area contributed by atoms with Crippen LogP contribution in [0.2, 0.25) is 0 Å². The molecule has 0 spiro atoms. The minimum absolute atomic E-state index is 0.110. The van der Waals surface area contributed by atoms with Crippen molar-refractivity contribution >= 4 is 17.4 Å². The molecule has 0 saturated heterocycles. The van der Waals surface area contributed by atoms with Gasteiger partial charge in [-0.25, -0.2) is 0 Å². The van der Waals surface area contributed by atoms with Gasteiger partial charge in [0.1, 0.15) is 0 Å².